The number of hydrogen-bond acceptors (Lipinski definition) is 7. The first kappa shape index (κ1) is 57.9. The van der Waals surface area contributed by atoms with E-state index in [1.54, 1.807) is 6.08 Å². The van der Waals surface area contributed by atoms with Crippen molar-refractivity contribution in [1.29, 1.82) is 0 Å². The van der Waals surface area contributed by atoms with Crippen LogP contribution >= 0.6 is 7.82 Å². The molecule has 0 aromatic heterocycles. The third kappa shape index (κ3) is 43.4. The van der Waals surface area contributed by atoms with E-state index in [2.05, 4.69) is 31.3 Å². The van der Waals surface area contributed by atoms with Crippen LogP contribution in [-0.4, -0.2) is 59.0 Å². The van der Waals surface area contributed by atoms with E-state index in [-0.39, 0.29) is 19.6 Å². The zero-order valence-electron chi connectivity index (χ0n) is 38.6. The number of carbonyl (C=O) groups is 1. The zero-order chi connectivity index (χ0) is 43.3. The summed E-state index contributed by atoms with van der Waals surface area (Å²) in [5.74, 6) is -0.451. The van der Waals surface area contributed by atoms with Gasteiger partial charge in [-0.1, -0.05) is 231 Å². The molecule has 0 bridgehead atoms. The molecule has 0 aliphatic heterocycles. The van der Waals surface area contributed by atoms with Crippen molar-refractivity contribution >= 4 is 13.7 Å². The molecule has 6 N–H and O–H groups in total. The molecule has 0 aliphatic rings. The van der Waals surface area contributed by atoms with E-state index in [0.717, 1.165) is 32.1 Å². The minimum absolute atomic E-state index is 0.0463. The Labute approximate surface area is 364 Å². The molecule has 4 unspecified atom stereocenters. The largest absolute Gasteiger partial charge is 0.472 e. The maximum absolute atomic E-state index is 12.9. The fourth-order valence-electron chi connectivity index (χ4n) is 7.55. The summed E-state index contributed by atoms with van der Waals surface area (Å²) in [4.78, 5) is 22.8. The second kappa shape index (κ2) is 45.0. The van der Waals surface area contributed by atoms with Gasteiger partial charge in [0.25, 0.3) is 0 Å². The fourth-order valence-corrected chi connectivity index (χ4v) is 8.31. The number of hydrogen-bond donors (Lipinski definition) is 5. The summed E-state index contributed by atoms with van der Waals surface area (Å²) in [6.07, 6.45) is 49.9. The van der Waals surface area contributed by atoms with Crippen LogP contribution < -0.4 is 11.1 Å². The molecule has 10 heteroatoms. The Morgan fingerprint density at radius 3 is 1.41 bits per heavy atom. The molecule has 4 atom stereocenters. The van der Waals surface area contributed by atoms with Crippen LogP contribution in [0.15, 0.2) is 24.3 Å². The van der Waals surface area contributed by atoms with Gasteiger partial charge in [-0.05, 0) is 32.1 Å². The predicted molar refractivity (Wildman–Crippen MR) is 251 cm³/mol. The third-order valence-electron chi connectivity index (χ3n) is 11.3. The lowest BCUT2D eigenvalue weighted by Crippen LogP contribution is -2.46. The van der Waals surface area contributed by atoms with Crippen molar-refractivity contribution in [3.63, 3.8) is 0 Å². The van der Waals surface area contributed by atoms with Crippen LogP contribution in [0.1, 0.15) is 245 Å². The van der Waals surface area contributed by atoms with Crippen molar-refractivity contribution in [3.8, 4) is 0 Å². The Morgan fingerprint density at radius 1 is 0.576 bits per heavy atom. The lowest BCUT2D eigenvalue weighted by Gasteiger charge is -2.24. The van der Waals surface area contributed by atoms with Gasteiger partial charge in [0.2, 0.25) is 5.91 Å². The number of phosphoric acid groups is 1. The molecule has 0 rings (SSSR count). The van der Waals surface area contributed by atoms with Crippen LogP contribution in [0.3, 0.4) is 0 Å². The van der Waals surface area contributed by atoms with Gasteiger partial charge in [-0.25, -0.2) is 4.57 Å². The summed E-state index contributed by atoms with van der Waals surface area (Å²) in [7, 11) is -4.41. The average molecular weight is 857 g/mol. The quantitative estimate of drug-likeness (QED) is 0.0230. The highest BCUT2D eigenvalue weighted by Crippen LogP contribution is 2.43. The summed E-state index contributed by atoms with van der Waals surface area (Å²) in [5, 5.41) is 24.1. The fraction of sp³-hybridized carbons (Fsp3) is 0.898. The number of phosphoric ester groups is 1. The molecule has 0 spiro atoms. The Hall–Kier alpha value is -1.06. The van der Waals surface area contributed by atoms with Crippen molar-refractivity contribution in [1.82, 2.24) is 5.32 Å². The van der Waals surface area contributed by atoms with Crippen LogP contribution in [0.25, 0.3) is 0 Å². The van der Waals surface area contributed by atoms with Gasteiger partial charge in [0, 0.05) is 6.54 Å². The average Bonchev–Trinajstić information content (AvgIpc) is 3.21. The minimum Gasteiger partial charge on any atom is -0.393 e. The van der Waals surface area contributed by atoms with Gasteiger partial charge in [0.05, 0.1) is 37.9 Å². The van der Waals surface area contributed by atoms with Crippen LogP contribution in [0.4, 0.5) is 0 Å². The van der Waals surface area contributed by atoms with Crippen LogP contribution in [0.5, 0.6) is 0 Å². The first-order valence-corrected chi connectivity index (χ1v) is 26.5. The van der Waals surface area contributed by atoms with Crippen LogP contribution in [0, 0.1) is 0 Å². The number of aliphatic hydroxyl groups excluding tert-OH is 2. The number of carbonyl (C=O) groups excluding carboxylic acids is 1. The third-order valence-corrected chi connectivity index (χ3v) is 12.3. The Morgan fingerprint density at radius 2 is 0.966 bits per heavy atom. The van der Waals surface area contributed by atoms with Crippen molar-refractivity contribution in [3.05, 3.63) is 24.3 Å². The van der Waals surface area contributed by atoms with Gasteiger partial charge in [-0.15, -0.1) is 0 Å². The second-order valence-electron chi connectivity index (χ2n) is 17.2. The number of unbranched alkanes of at least 4 members (excludes halogenated alkanes) is 31. The SMILES string of the molecule is CCCCCCCCCCCCCCCCC/C=C/CC/C=C/C(O)C(COP(=O)(O)OCCN)NC(=O)CC(O)CCCCCCCCCCCCCCCCCC. The van der Waals surface area contributed by atoms with Crippen LogP contribution in [-0.2, 0) is 18.4 Å². The highest BCUT2D eigenvalue weighted by molar-refractivity contribution is 7.47. The molecule has 350 valence electrons. The van der Waals surface area contributed by atoms with E-state index in [1.165, 1.54) is 180 Å². The molecular formula is C49H97N2O7P. The number of amides is 1. The molecule has 9 nitrogen and oxygen atoms in total. The van der Waals surface area contributed by atoms with Crippen molar-refractivity contribution < 1.29 is 33.5 Å². The van der Waals surface area contributed by atoms with E-state index in [0.29, 0.717) is 12.8 Å². The van der Waals surface area contributed by atoms with Crippen LogP contribution in [0.2, 0.25) is 0 Å². The Kier molecular flexibility index (Phi) is 44.2. The van der Waals surface area contributed by atoms with Crippen molar-refractivity contribution in [2.75, 3.05) is 19.8 Å². The van der Waals surface area contributed by atoms with Gasteiger partial charge >= 0.3 is 7.82 Å². The van der Waals surface area contributed by atoms with Crippen molar-refractivity contribution in [2.24, 2.45) is 5.73 Å². The molecular weight excluding hydrogens is 760 g/mol. The summed E-state index contributed by atoms with van der Waals surface area (Å²) in [6, 6.07) is -0.996. The minimum atomic E-state index is -4.41. The number of allylic oxidation sites excluding steroid dienone is 3. The standard InChI is InChI=1S/C49H97N2O7P/c1-3-5-7-9-11-13-15-17-19-21-22-23-24-25-27-29-31-33-35-37-39-41-48(53)47(45-58-59(55,56)57-43-42-50)51-49(54)44-46(52)40-38-36-34-32-30-28-26-20-18-16-14-12-10-8-6-4-2/h31,33,39,41,46-48,52-53H,3-30,32,34-38,40,42-45,50H2,1-2H3,(H,51,54)(H,55,56)/b33-31+,41-39+. The highest BCUT2D eigenvalue weighted by Gasteiger charge is 2.27. The molecule has 0 heterocycles. The summed E-state index contributed by atoms with van der Waals surface area (Å²) in [6.45, 7) is 3.99. The normalized spacial score (nSPS) is 14.6. The molecule has 1 amide bonds. The summed E-state index contributed by atoms with van der Waals surface area (Å²) < 4.78 is 22.1. The zero-order valence-corrected chi connectivity index (χ0v) is 39.5. The van der Waals surface area contributed by atoms with Gasteiger partial charge in [-0.3, -0.25) is 13.8 Å². The smallest absolute Gasteiger partial charge is 0.393 e. The predicted octanol–water partition coefficient (Wildman–Crippen LogP) is 13.5. The van der Waals surface area contributed by atoms with Gasteiger partial charge in [0.1, 0.15) is 0 Å². The lowest BCUT2D eigenvalue weighted by atomic mass is 10.0. The van der Waals surface area contributed by atoms with E-state index in [9.17, 15) is 24.5 Å². The van der Waals surface area contributed by atoms with Gasteiger partial charge < -0.3 is 26.2 Å². The van der Waals surface area contributed by atoms with E-state index in [1.807, 2.05) is 6.08 Å². The molecule has 0 aliphatic carbocycles. The molecule has 0 saturated heterocycles. The number of nitrogens with one attached hydrogen (secondary N) is 1. The molecule has 0 aromatic carbocycles. The monoisotopic (exact) mass is 857 g/mol. The lowest BCUT2D eigenvalue weighted by molar-refractivity contribution is -0.124. The topological polar surface area (TPSA) is 151 Å². The highest BCUT2D eigenvalue weighted by atomic mass is 31.2. The molecule has 59 heavy (non-hydrogen) atoms. The second-order valence-corrected chi connectivity index (χ2v) is 18.7. The van der Waals surface area contributed by atoms with Gasteiger partial charge in [-0.2, -0.15) is 0 Å². The van der Waals surface area contributed by atoms with E-state index >= 15 is 0 Å². The van der Waals surface area contributed by atoms with E-state index in [4.69, 9.17) is 14.8 Å². The summed E-state index contributed by atoms with van der Waals surface area (Å²) >= 11 is 0. The molecule has 0 saturated carbocycles. The Bertz CT molecular complexity index is 997. The molecule has 0 aromatic rings. The van der Waals surface area contributed by atoms with Crippen molar-refractivity contribution in [2.45, 2.75) is 263 Å². The number of aliphatic hydroxyl groups is 2. The number of nitrogens with two attached hydrogens (primary N) is 1. The van der Waals surface area contributed by atoms with Gasteiger partial charge in [0.15, 0.2) is 0 Å². The first-order chi connectivity index (χ1) is 28.8. The molecule has 0 radical (unpaired) electrons. The van der Waals surface area contributed by atoms with E-state index < -0.39 is 38.6 Å². The summed E-state index contributed by atoms with van der Waals surface area (Å²) in [5.41, 5.74) is 5.38. The number of rotatable bonds is 47. The molecule has 0 fully saturated rings. The first-order valence-electron chi connectivity index (χ1n) is 25.0. The Balaban J connectivity index is 4.25. The maximum Gasteiger partial charge on any atom is 0.472 e. The maximum atomic E-state index is 12.9.